The van der Waals surface area contributed by atoms with Crippen LogP contribution in [0, 0.1) is 0 Å². The van der Waals surface area contributed by atoms with Crippen molar-refractivity contribution in [1.82, 2.24) is 15.0 Å². The molecule has 1 fully saturated rings. The molecule has 3 aromatic rings. The quantitative estimate of drug-likeness (QED) is 0.682. The van der Waals surface area contributed by atoms with E-state index in [1.165, 1.54) is 0 Å². The first-order valence-corrected chi connectivity index (χ1v) is 9.84. The first kappa shape index (κ1) is 19.8. The number of rotatable bonds is 5. The normalized spacial score (nSPS) is 16.2. The van der Waals surface area contributed by atoms with Crippen molar-refractivity contribution >= 4 is 11.7 Å². The number of carbonyl (C=O) groups excluding carboxylic acids is 1. The molecule has 156 valence electrons. The molecule has 1 aliphatic rings. The highest BCUT2D eigenvalue weighted by Crippen LogP contribution is 2.29. The number of likely N-dealkylation sites (tertiary alicyclic amines) is 1. The molecule has 0 radical (unpaired) electrons. The lowest BCUT2D eigenvalue weighted by Gasteiger charge is -2.31. The first-order chi connectivity index (χ1) is 14.7. The standard InChI is InChI=1S/C22H24N4O4/c1-28-18-9-3-6-15(12-18)20-24-21(30-25-20)16-7-5-11-26(14-16)22(27)23-17-8-4-10-19(13-17)29-2/h3-4,6,8-10,12-13,16H,5,7,11,14H2,1-2H3,(H,23,27)/t16-/m0/s1. The van der Waals surface area contributed by atoms with Crippen molar-refractivity contribution in [3.63, 3.8) is 0 Å². The van der Waals surface area contributed by atoms with E-state index < -0.39 is 0 Å². The minimum atomic E-state index is -0.152. The minimum Gasteiger partial charge on any atom is -0.497 e. The highest BCUT2D eigenvalue weighted by molar-refractivity contribution is 5.89. The van der Waals surface area contributed by atoms with Crippen molar-refractivity contribution in [2.24, 2.45) is 0 Å². The molecule has 1 aromatic heterocycles. The van der Waals surface area contributed by atoms with Gasteiger partial charge in [-0.25, -0.2) is 4.79 Å². The Morgan fingerprint density at radius 2 is 1.90 bits per heavy atom. The summed E-state index contributed by atoms with van der Waals surface area (Å²) in [4.78, 5) is 19.1. The summed E-state index contributed by atoms with van der Waals surface area (Å²) in [6.07, 6.45) is 1.76. The van der Waals surface area contributed by atoms with Crippen LogP contribution in [-0.2, 0) is 0 Å². The zero-order valence-electron chi connectivity index (χ0n) is 17.0. The minimum absolute atomic E-state index is 0.00154. The molecule has 1 saturated heterocycles. The summed E-state index contributed by atoms with van der Waals surface area (Å²) in [7, 11) is 3.22. The lowest BCUT2D eigenvalue weighted by atomic mass is 9.98. The van der Waals surface area contributed by atoms with E-state index in [9.17, 15) is 4.79 Å². The van der Waals surface area contributed by atoms with Crippen LogP contribution < -0.4 is 14.8 Å². The Hall–Kier alpha value is -3.55. The number of piperidine rings is 1. The number of hydrogen-bond donors (Lipinski definition) is 1. The molecule has 2 heterocycles. The van der Waals surface area contributed by atoms with Crippen LogP contribution in [0.5, 0.6) is 11.5 Å². The molecule has 0 spiro atoms. The lowest BCUT2D eigenvalue weighted by Crippen LogP contribution is -2.41. The zero-order chi connectivity index (χ0) is 20.9. The number of anilines is 1. The number of methoxy groups -OCH3 is 2. The average molecular weight is 408 g/mol. The second-order valence-corrected chi connectivity index (χ2v) is 7.14. The molecule has 2 amide bonds. The van der Waals surface area contributed by atoms with Crippen LogP contribution in [0.25, 0.3) is 11.4 Å². The van der Waals surface area contributed by atoms with Crippen LogP contribution in [0.1, 0.15) is 24.7 Å². The van der Waals surface area contributed by atoms with Gasteiger partial charge < -0.3 is 24.2 Å². The van der Waals surface area contributed by atoms with Crippen LogP contribution in [0.4, 0.5) is 10.5 Å². The van der Waals surface area contributed by atoms with Gasteiger partial charge in [0.25, 0.3) is 0 Å². The fourth-order valence-corrected chi connectivity index (χ4v) is 3.55. The fourth-order valence-electron chi connectivity index (χ4n) is 3.55. The number of amides is 2. The monoisotopic (exact) mass is 408 g/mol. The Bertz CT molecular complexity index is 1020. The van der Waals surface area contributed by atoms with Crippen molar-refractivity contribution < 1.29 is 18.8 Å². The second-order valence-electron chi connectivity index (χ2n) is 7.14. The van der Waals surface area contributed by atoms with Gasteiger partial charge in [-0.2, -0.15) is 4.98 Å². The van der Waals surface area contributed by atoms with Gasteiger partial charge in [0.05, 0.1) is 20.1 Å². The number of urea groups is 1. The topological polar surface area (TPSA) is 89.7 Å². The summed E-state index contributed by atoms with van der Waals surface area (Å²) < 4.78 is 16.0. The highest BCUT2D eigenvalue weighted by atomic mass is 16.5. The van der Waals surface area contributed by atoms with Gasteiger partial charge in [0.15, 0.2) is 0 Å². The largest absolute Gasteiger partial charge is 0.497 e. The zero-order valence-corrected chi connectivity index (χ0v) is 17.0. The molecule has 30 heavy (non-hydrogen) atoms. The third-order valence-corrected chi connectivity index (χ3v) is 5.15. The third-order valence-electron chi connectivity index (χ3n) is 5.15. The Kier molecular flexibility index (Phi) is 5.83. The summed E-state index contributed by atoms with van der Waals surface area (Å²) in [5, 5.41) is 7.05. The predicted octanol–water partition coefficient (Wildman–Crippen LogP) is 4.17. The van der Waals surface area contributed by atoms with Gasteiger partial charge in [0.1, 0.15) is 11.5 Å². The van der Waals surface area contributed by atoms with Gasteiger partial charge in [-0.05, 0) is 37.1 Å². The van der Waals surface area contributed by atoms with Crippen LogP contribution in [0.15, 0.2) is 53.1 Å². The molecule has 8 nitrogen and oxygen atoms in total. The number of nitrogens with zero attached hydrogens (tertiary/aromatic N) is 3. The average Bonchev–Trinajstić information content (AvgIpc) is 3.30. The van der Waals surface area contributed by atoms with Gasteiger partial charge in [-0.15, -0.1) is 0 Å². The smallest absolute Gasteiger partial charge is 0.321 e. The van der Waals surface area contributed by atoms with Crippen molar-refractivity contribution in [2.45, 2.75) is 18.8 Å². The molecular formula is C22H24N4O4. The molecule has 1 atom stereocenters. The summed E-state index contributed by atoms with van der Waals surface area (Å²) in [5.41, 5.74) is 1.52. The molecule has 1 N–H and O–H groups in total. The predicted molar refractivity (Wildman–Crippen MR) is 112 cm³/mol. The van der Waals surface area contributed by atoms with Gasteiger partial charge >= 0.3 is 6.03 Å². The molecule has 0 aliphatic carbocycles. The SMILES string of the molecule is COc1cccc(NC(=O)N2CCC[C@H](c3nc(-c4cccc(OC)c4)no3)C2)c1. The van der Waals surface area contributed by atoms with E-state index in [0.717, 1.165) is 24.2 Å². The molecule has 4 rings (SSSR count). The van der Waals surface area contributed by atoms with Crippen molar-refractivity contribution in [3.8, 4) is 22.9 Å². The second kappa shape index (κ2) is 8.86. The maximum absolute atomic E-state index is 12.7. The number of hydrogen-bond acceptors (Lipinski definition) is 6. The number of nitrogens with one attached hydrogen (secondary N) is 1. The maximum Gasteiger partial charge on any atom is 0.321 e. The van der Waals surface area contributed by atoms with Crippen LogP contribution in [-0.4, -0.2) is 48.4 Å². The van der Waals surface area contributed by atoms with E-state index in [1.54, 1.807) is 25.2 Å². The van der Waals surface area contributed by atoms with E-state index in [2.05, 4.69) is 15.5 Å². The molecular weight excluding hydrogens is 384 g/mol. The Morgan fingerprint density at radius 3 is 2.70 bits per heavy atom. The number of benzene rings is 2. The van der Waals surface area contributed by atoms with E-state index in [1.807, 2.05) is 42.5 Å². The lowest BCUT2D eigenvalue weighted by molar-refractivity contribution is 0.184. The Balaban J connectivity index is 1.43. The van der Waals surface area contributed by atoms with E-state index in [-0.39, 0.29) is 11.9 Å². The van der Waals surface area contributed by atoms with Crippen LogP contribution >= 0.6 is 0 Å². The molecule has 0 saturated carbocycles. The molecule has 8 heteroatoms. The van der Waals surface area contributed by atoms with Crippen molar-refractivity contribution in [2.75, 3.05) is 32.6 Å². The Morgan fingerprint density at radius 1 is 1.13 bits per heavy atom. The molecule has 0 bridgehead atoms. The third kappa shape index (κ3) is 4.37. The summed E-state index contributed by atoms with van der Waals surface area (Å²) >= 11 is 0. The van der Waals surface area contributed by atoms with Gasteiger partial charge in [-0.1, -0.05) is 23.4 Å². The molecule has 2 aromatic carbocycles. The maximum atomic E-state index is 12.7. The van der Waals surface area contributed by atoms with Gasteiger partial charge in [0.2, 0.25) is 11.7 Å². The fraction of sp³-hybridized carbons (Fsp3) is 0.318. The van der Waals surface area contributed by atoms with Gasteiger partial charge in [0, 0.05) is 30.4 Å². The number of ether oxygens (including phenoxy) is 2. The molecule has 0 unspecified atom stereocenters. The van der Waals surface area contributed by atoms with E-state index in [4.69, 9.17) is 14.0 Å². The number of aromatic nitrogens is 2. The summed E-state index contributed by atoms with van der Waals surface area (Å²) in [6.45, 7) is 1.21. The van der Waals surface area contributed by atoms with E-state index >= 15 is 0 Å². The highest BCUT2D eigenvalue weighted by Gasteiger charge is 2.29. The van der Waals surface area contributed by atoms with Crippen LogP contribution in [0.3, 0.4) is 0 Å². The molecule has 1 aliphatic heterocycles. The van der Waals surface area contributed by atoms with Crippen LogP contribution in [0.2, 0.25) is 0 Å². The van der Waals surface area contributed by atoms with E-state index in [0.29, 0.717) is 36.2 Å². The summed E-state index contributed by atoms with van der Waals surface area (Å²) in [6, 6.07) is 14.7. The van der Waals surface area contributed by atoms with Crippen molar-refractivity contribution in [1.29, 1.82) is 0 Å². The Labute approximate surface area is 174 Å². The van der Waals surface area contributed by atoms with Crippen molar-refractivity contribution in [3.05, 3.63) is 54.4 Å². The summed E-state index contributed by atoms with van der Waals surface area (Å²) in [5.74, 6) is 2.49. The first-order valence-electron chi connectivity index (χ1n) is 9.84. The van der Waals surface area contributed by atoms with Gasteiger partial charge in [-0.3, -0.25) is 0 Å². The number of carbonyl (C=O) groups is 1.